The third kappa shape index (κ3) is 2.40. The number of hydrogen-bond donors (Lipinski definition) is 2. The Morgan fingerprint density at radius 3 is 3.08 bits per heavy atom. The number of aryl methyl sites for hydroxylation is 1. The molecule has 64 valence electrons. The van der Waals surface area contributed by atoms with Gasteiger partial charge in [-0.3, -0.25) is 5.10 Å². The first-order valence-electron chi connectivity index (χ1n) is 3.93. The van der Waals surface area contributed by atoms with E-state index in [1.165, 1.54) is 5.56 Å². The van der Waals surface area contributed by atoms with Crippen molar-refractivity contribution in [1.82, 2.24) is 15.5 Å². The van der Waals surface area contributed by atoms with Gasteiger partial charge in [-0.1, -0.05) is 5.92 Å². The van der Waals surface area contributed by atoms with Crippen LogP contribution in [0.1, 0.15) is 18.2 Å². The first kappa shape index (κ1) is 8.82. The van der Waals surface area contributed by atoms with Crippen LogP contribution in [0.3, 0.4) is 0 Å². The maximum atomic E-state index is 3.92. The van der Waals surface area contributed by atoms with Crippen molar-refractivity contribution >= 4 is 0 Å². The van der Waals surface area contributed by atoms with E-state index in [-0.39, 0.29) is 0 Å². The summed E-state index contributed by atoms with van der Waals surface area (Å²) in [5.41, 5.74) is 2.32. The Hall–Kier alpha value is -1.27. The summed E-state index contributed by atoms with van der Waals surface area (Å²) < 4.78 is 0. The standard InChI is InChI=1S/C9H13N3/c1-3-4-5-10-6-9-7-11-12-8(9)2/h7,10H,5-6H2,1-2H3,(H,11,12). The van der Waals surface area contributed by atoms with Gasteiger partial charge in [0.1, 0.15) is 0 Å². The van der Waals surface area contributed by atoms with E-state index in [1.807, 2.05) is 20.0 Å². The van der Waals surface area contributed by atoms with Crippen LogP contribution in [-0.2, 0) is 6.54 Å². The van der Waals surface area contributed by atoms with Gasteiger partial charge in [0.2, 0.25) is 0 Å². The molecule has 0 aliphatic carbocycles. The van der Waals surface area contributed by atoms with E-state index in [2.05, 4.69) is 27.4 Å². The number of rotatable bonds is 3. The number of H-pyrrole nitrogens is 1. The molecule has 1 aromatic heterocycles. The van der Waals surface area contributed by atoms with Crippen molar-refractivity contribution in [3.8, 4) is 11.8 Å². The van der Waals surface area contributed by atoms with Crippen LogP contribution in [0.2, 0.25) is 0 Å². The second-order valence-electron chi connectivity index (χ2n) is 2.55. The Balaban J connectivity index is 2.32. The molecule has 0 spiro atoms. The van der Waals surface area contributed by atoms with Crippen molar-refractivity contribution < 1.29 is 0 Å². The van der Waals surface area contributed by atoms with Gasteiger partial charge in [-0.25, -0.2) is 0 Å². The summed E-state index contributed by atoms with van der Waals surface area (Å²) in [4.78, 5) is 0. The molecule has 0 radical (unpaired) electrons. The summed E-state index contributed by atoms with van der Waals surface area (Å²) in [5.74, 6) is 5.76. The summed E-state index contributed by atoms with van der Waals surface area (Å²) in [6, 6.07) is 0. The second-order valence-corrected chi connectivity index (χ2v) is 2.55. The zero-order chi connectivity index (χ0) is 8.81. The molecule has 0 atom stereocenters. The Morgan fingerprint density at radius 1 is 1.67 bits per heavy atom. The fourth-order valence-electron chi connectivity index (χ4n) is 0.902. The molecule has 0 saturated heterocycles. The van der Waals surface area contributed by atoms with Gasteiger partial charge < -0.3 is 5.32 Å². The SMILES string of the molecule is CC#CCNCc1cn[nH]c1C. The van der Waals surface area contributed by atoms with Gasteiger partial charge in [0.05, 0.1) is 12.7 Å². The van der Waals surface area contributed by atoms with E-state index in [0.717, 1.165) is 18.8 Å². The quantitative estimate of drug-likeness (QED) is 0.512. The van der Waals surface area contributed by atoms with Crippen LogP contribution in [0, 0.1) is 18.8 Å². The van der Waals surface area contributed by atoms with E-state index < -0.39 is 0 Å². The molecule has 0 saturated carbocycles. The van der Waals surface area contributed by atoms with Gasteiger partial charge in [-0.2, -0.15) is 5.10 Å². The summed E-state index contributed by atoms with van der Waals surface area (Å²) in [6.07, 6.45) is 1.84. The zero-order valence-corrected chi connectivity index (χ0v) is 7.44. The predicted molar refractivity (Wildman–Crippen MR) is 48.5 cm³/mol. The van der Waals surface area contributed by atoms with Crippen molar-refractivity contribution in [2.45, 2.75) is 20.4 Å². The highest BCUT2D eigenvalue weighted by atomic mass is 15.1. The Bertz CT molecular complexity index is 290. The number of hydrogen-bond acceptors (Lipinski definition) is 2. The van der Waals surface area contributed by atoms with Crippen molar-refractivity contribution in [2.24, 2.45) is 0 Å². The molecule has 0 unspecified atom stereocenters. The lowest BCUT2D eigenvalue weighted by atomic mass is 10.3. The molecule has 1 heterocycles. The first-order chi connectivity index (χ1) is 5.84. The molecule has 0 amide bonds. The summed E-state index contributed by atoms with van der Waals surface area (Å²) in [7, 11) is 0. The minimum atomic E-state index is 0.737. The molecule has 0 aliphatic rings. The van der Waals surface area contributed by atoms with Crippen LogP contribution in [0.5, 0.6) is 0 Å². The predicted octanol–water partition coefficient (Wildman–Crippen LogP) is 0.831. The van der Waals surface area contributed by atoms with E-state index in [4.69, 9.17) is 0 Å². The molecule has 2 N–H and O–H groups in total. The van der Waals surface area contributed by atoms with Gasteiger partial charge in [0, 0.05) is 17.8 Å². The lowest BCUT2D eigenvalue weighted by molar-refractivity contribution is 0.766. The van der Waals surface area contributed by atoms with Crippen LogP contribution >= 0.6 is 0 Å². The highest BCUT2D eigenvalue weighted by Crippen LogP contribution is 2.00. The fraction of sp³-hybridized carbons (Fsp3) is 0.444. The molecule has 0 bridgehead atoms. The number of nitrogens with zero attached hydrogens (tertiary/aromatic N) is 1. The first-order valence-corrected chi connectivity index (χ1v) is 3.93. The summed E-state index contributed by atoms with van der Waals surface area (Å²) in [6.45, 7) is 5.42. The molecule has 3 heteroatoms. The lowest BCUT2D eigenvalue weighted by Crippen LogP contribution is -2.13. The third-order valence-corrected chi connectivity index (χ3v) is 1.64. The molecule has 0 aliphatic heterocycles. The highest BCUT2D eigenvalue weighted by molar-refractivity contribution is 5.14. The highest BCUT2D eigenvalue weighted by Gasteiger charge is 1.97. The monoisotopic (exact) mass is 163 g/mol. The van der Waals surface area contributed by atoms with Crippen LogP contribution in [0.4, 0.5) is 0 Å². The number of nitrogens with one attached hydrogen (secondary N) is 2. The molecule has 1 aromatic rings. The van der Waals surface area contributed by atoms with Crippen LogP contribution in [0.15, 0.2) is 6.20 Å². The molecular weight excluding hydrogens is 150 g/mol. The Kier molecular flexibility index (Phi) is 3.36. The molecule has 12 heavy (non-hydrogen) atoms. The van der Waals surface area contributed by atoms with Crippen molar-refractivity contribution in [3.05, 3.63) is 17.5 Å². The van der Waals surface area contributed by atoms with E-state index in [1.54, 1.807) is 0 Å². The van der Waals surface area contributed by atoms with Gasteiger partial charge in [0.25, 0.3) is 0 Å². The summed E-state index contributed by atoms with van der Waals surface area (Å²) >= 11 is 0. The van der Waals surface area contributed by atoms with E-state index in [9.17, 15) is 0 Å². The van der Waals surface area contributed by atoms with E-state index in [0.29, 0.717) is 0 Å². The largest absolute Gasteiger partial charge is 0.302 e. The topological polar surface area (TPSA) is 40.7 Å². The van der Waals surface area contributed by atoms with E-state index >= 15 is 0 Å². The van der Waals surface area contributed by atoms with Crippen molar-refractivity contribution in [1.29, 1.82) is 0 Å². The smallest absolute Gasteiger partial charge is 0.0579 e. The molecular formula is C9H13N3. The van der Waals surface area contributed by atoms with Crippen LogP contribution in [0.25, 0.3) is 0 Å². The van der Waals surface area contributed by atoms with Gasteiger partial charge in [0.15, 0.2) is 0 Å². The maximum Gasteiger partial charge on any atom is 0.0579 e. The van der Waals surface area contributed by atoms with Crippen LogP contribution in [-0.4, -0.2) is 16.7 Å². The maximum absolute atomic E-state index is 3.92. The van der Waals surface area contributed by atoms with Crippen molar-refractivity contribution in [3.63, 3.8) is 0 Å². The van der Waals surface area contributed by atoms with Gasteiger partial charge >= 0.3 is 0 Å². The molecule has 0 fully saturated rings. The number of aromatic nitrogens is 2. The Morgan fingerprint density at radius 2 is 2.50 bits per heavy atom. The summed E-state index contributed by atoms with van der Waals surface area (Å²) in [5, 5.41) is 10.00. The second kappa shape index (κ2) is 4.58. The molecule has 3 nitrogen and oxygen atoms in total. The lowest BCUT2D eigenvalue weighted by Gasteiger charge is -1.97. The molecule has 1 rings (SSSR count). The fourth-order valence-corrected chi connectivity index (χ4v) is 0.902. The van der Waals surface area contributed by atoms with Gasteiger partial charge in [-0.15, -0.1) is 5.92 Å². The zero-order valence-electron chi connectivity index (χ0n) is 7.44. The van der Waals surface area contributed by atoms with Crippen LogP contribution < -0.4 is 5.32 Å². The normalized spacial score (nSPS) is 9.17. The minimum Gasteiger partial charge on any atom is -0.302 e. The third-order valence-electron chi connectivity index (χ3n) is 1.64. The average Bonchev–Trinajstić information content (AvgIpc) is 2.46. The Labute approximate surface area is 72.6 Å². The average molecular weight is 163 g/mol. The molecule has 0 aromatic carbocycles. The number of aromatic amines is 1. The van der Waals surface area contributed by atoms with Gasteiger partial charge in [-0.05, 0) is 13.8 Å². The van der Waals surface area contributed by atoms with Crippen molar-refractivity contribution in [2.75, 3.05) is 6.54 Å². The minimum absolute atomic E-state index is 0.737.